The van der Waals surface area contributed by atoms with Gasteiger partial charge in [0.25, 0.3) is 5.91 Å². The molecule has 18 heavy (non-hydrogen) atoms. The second-order valence-corrected chi connectivity index (χ2v) is 4.60. The molecule has 1 aromatic carbocycles. The van der Waals surface area contributed by atoms with Crippen LogP contribution in [0.15, 0.2) is 30.3 Å². The summed E-state index contributed by atoms with van der Waals surface area (Å²) in [5, 5.41) is 11.0. The third-order valence-corrected chi connectivity index (χ3v) is 3.42. The third-order valence-electron chi connectivity index (χ3n) is 2.84. The Morgan fingerprint density at radius 1 is 1.39 bits per heavy atom. The maximum absolute atomic E-state index is 11.7. The van der Waals surface area contributed by atoms with Crippen molar-refractivity contribution in [1.29, 1.82) is 0 Å². The first-order valence-corrected chi connectivity index (χ1v) is 6.08. The fourth-order valence-electron chi connectivity index (χ4n) is 1.83. The van der Waals surface area contributed by atoms with Crippen molar-refractivity contribution in [3.8, 4) is 0 Å². The van der Waals surface area contributed by atoms with E-state index in [1.54, 1.807) is 0 Å². The Hall–Kier alpha value is -1.53. The molecule has 0 spiro atoms. The summed E-state index contributed by atoms with van der Waals surface area (Å²) >= 11 is 4.15. The van der Waals surface area contributed by atoms with Crippen molar-refractivity contribution in [2.45, 2.75) is 17.8 Å². The Bertz CT molecular complexity index is 452. The van der Waals surface area contributed by atoms with E-state index in [4.69, 9.17) is 5.11 Å². The van der Waals surface area contributed by atoms with Crippen LogP contribution in [0.4, 0.5) is 0 Å². The normalized spacial score (nSPS) is 22.6. The minimum atomic E-state index is -0.642. The lowest BCUT2D eigenvalue weighted by Gasteiger charge is -2.43. The van der Waals surface area contributed by atoms with Crippen LogP contribution in [0.2, 0.25) is 0 Å². The second-order valence-electron chi connectivity index (χ2n) is 4.07. The summed E-state index contributed by atoms with van der Waals surface area (Å²) < 4.78 is 0. The molecule has 5 nitrogen and oxygen atoms in total. The van der Waals surface area contributed by atoms with Gasteiger partial charge in [0.1, 0.15) is 18.1 Å². The first-order chi connectivity index (χ1) is 8.63. The van der Waals surface area contributed by atoms with E-state index < -0.39 is 11.4 Å². The molecule has 2 rings (SSSR count). The Morgan fingerprint density at radius 3 is 2.61 bits per heavy atom. The molecule has 1 fully saturated rings. The van der Waals surface area contributed by atoms with Crippen LogP contribution in [-0.4, -0.2) is 40.0 Å². The van der Waals surface area contributed by atoms with E-state index >= 15 is 0 Å². The Kier molecular flexibility index (Phi) is 3.88. The molecule has 0 bridgehead atoms. The summed E-state index contributed by atoms with van der Waals surface area (Å²) in [5.41, 5.74) is 0.886. The summed E-state index contributed by atoms with van der Waals surface area (Å²) in [6.07, 6.45) is 0.226. The van der Waals surface area contributed by atoms with E-state index in [0.29, 0.717) is 0 Å². The standard InChI is InChI=1S/C12H14N2O3S/c15-7-14-11(17)10(12(14)18)13-9(16)6-8-4-2-1-3-5-8/h1-5,10,12,15,18H,6-7H2,(H,13,16). The van der Waals surface area contributed by atoms with Crippen LogP contribution in [-0.2, 0) is 16.0 Å². The van der Waals surface area contributed by atoms with Gasteiger partial charge < -0.3 is 15.3 Å². The van der Waals surface area contributed by atoms with Crippen LogP contribution in [0, 0.1) is 0 Å². The van der Waals surface area contributed by atoms with Gasteiger partial charge in [0.05, 0.1) is 6.42 Å². The lowest BCUT2D eigenvalue weighted by atomic mass is 10.1. The number of aliphatic hydroxyl groups excluding tert-OH is 1. The van der Waals surface area contributed by atoms with Crippen LogP contribution in [0.25, 0.3) is 0 Å². The van der Waals surface area contributed by atoms with Crippen molar-refractivity contribution in [3.63, 3.8) is 0 Å². The summed E-state index contributed by atoms with van der Waals surface area (Å²) in [6.45, 7) is -0.377. The topological polar surface area (TPSA) is 69.6 Å². The highest BCUT2D eigenvalue weighted by molar-refractivity contribution is 7.81. The number of rotatable bonds is 4. The van der Waals surface area contributed by atoms with E-state index in [1.165, 1.54) is 4.90 Å². The highest BCUT2D eigenvalue weighted by Gasteiger charge is 2.45. The van der Waals surface area contributed by atoms with E-state index in [2.05, 4.69) is 17.9 Å². The number of nitrogens with zero attached hydrogens (tertiary/aromatic N) is 1. The SMILES string of the molecule is O=C(Cc1ccccc1)NC1C(=O)N(CO)C1S. The monoisotopic (exact) mass is 266 g/mol. The first-order valence-electron chi connectivity index (χ1n) is 5.56. The second kappa shape index (κ2) is 5.41. The van der Waals surface area contributed by atoms with Gasteiger partial charge in [0, 0.05) is 0 Å². The molecule has 1 heterocycles. The highest BCUT2D eigenvalue weighted by atomic mass is 32.1. The maximum atomic E-state index is 11.7. The molecule has 2 atom stereocenters. The predicted molar refractivity (Wildman–Crippen MR) is 68.8 cm³/mol. The van der Waals surface area contributed by atoms with Gasteiger partial charge in [0.2, 0.25) is 5.91 Å². The van der Waals surface area contributed by atoms with E-state index in [0.717, 1.165) is 5.56 Å². The molecule has 1 saturated heterocycles. The lowest BCUT2D eigenvalue weighted by Crippen LogP contribution is -2.68. The number of hydrogen-bond acceptors (Lipinski definition) is 4. The molecule has 0 aliphatic carbocycles. The number of nitrogens with one attached hydrogen (secondary N) is 1. The number of benzene rings is 1. The number of likely N-dealkylation sites (tertiary alicyclic amines) is 1. The molecule has 0 radical (unpaired) electrons. The van der Waals surface area contributed by atoms with E-state index in [9.17, 15) is 9.59 Å². The summed E-state index contributed by atoms with van der Waals surface area (Å²) in [5.74, 6) is -0.532. The molecule has 2 amide bonds. The van der Waals surface area contributed by atoms with Crippen LogP contribution < -0.4 is 5.32 Å². The molecule has 1 aliphatic heterocycles. The predicted octanol–water partition coefficient (Wildman–Crippen LogP) is -0.238. The van der Waals surface area contributed by atoms with Crippen LogP contribution >= 0.6 is 12.6 Å². The van der Waals surface area contributed by atoms with Gasteiger partial charge in [-0.15, -0.1) is 0 Å². The number of carbonyl (C=O) groups excluding carboxylic acids is 2. The molecule has 6 heteroatoms. The summed E-state index contributed by atoms with van der Waals surface area (Å²) in [4.78, 5) is 24.4. The minimum Gasteiger partial charge on any atom is -0.376 e. The minimum absolute atomic E-state index is 0.226. The smallest absolute Gasteiger partial charge is 0.251 e. The zero-order valence-electron chi connectivity index (χ0n) is 9.61. The van der Waals surface area contributed by atoms with Gasteiger partial charge in [-0.3, -0.25) is 9.59 Å². The van der Waals surface area contributed by atoms with Crippen molar-refractivity contribution in [1.82, 2.24) is 10.2 Å². The average Bonchev–Trinajstić information content (AvgIpc) is 2.38. The highest BCUT2D eigenvalue weighted by Crippen LogP contribution is 2.22. The van der Waals surface area contributed by atoms with Gasteiger partial charge >= 0.3 is 0 Å². The number of thiol groups is 1. The van der Waals surface area contributed by atoms with Crippen molar-refractivity contribution in [2.75, 3.05) is 6.73 Å². The molecule has 0 aromatic heterocycles. The lowest BCUT2D eigenvalue weighted by molar-refractivity contribution is -0.153. The van der Waals surface area contributed by atoms with Crippen LogP contribution in [0.3, 0.4) is 0 Å². The molecule has 0 saturated carbocycles. The molecule has 1 aromatic rings. The third kappa shape index (κ3) is 2.49. The fraction of sp³-hybridized carbons (Fsp3) is 0.333. The summed E-state index contributed by atoms with van der Waals surface area (Å²) in [7, 11) is 0. The van der Waals surface area contributed by atoms with Crippen molar-refractivity contribution in [2.24, 2.45) is 0 Å². The number of aliphatic hydroxyl groups is 1. The quantitative estimate of drug-likeness (QED) is 0.520. The van der Waals surface area contributed by atoms with Crippen LogP contribution in [0.5, 0.6) is 0 Å². The molecular weight excluding hydrogens is 252 g/mol. The van der Waals surface area contributed by atoms with Crippen molar-refractivity contribution >= 4 is 24.4 Å². The van der Waals surface area contributed by atoms with Gasteiger partial charge in [-0.05, 0) is 5.56 Å². The number of β-lactam (4-membered cyclic amide) rings is 1. The number of amides is 2. The fourth-order valence-corrected chi connectivity index (χ4v) is 2.22. The van der Waals surface area contributed by atoms with Gasteiger partial charge in [-0.2, -0.15) is 12.6 Å². The first kappa shape index (κ1) is 12.9. The largest absolute Gasteiger partial charge is 0.376 e. The Balaban J connectivity index is 1.88. The molecule has 2 N–H and O–H groups in total. The molecule has 1 aliphatic rings. The molecular formula is C12H14N2O3S. The van der Waals surface area contributed by atoms with Gasteiger partial charge in [0.15, 0.2) is 0 Å². The summed E-state index contributed by atoms with van der Waals surface area (Å²) in [6, 6.07) is 8.63. The molecule has 96 valence electrons. The van der Waals surface area contributed by atoms with Gasteiger partial charge in [-0.1, -0.05) is 30.3 Å². The van der Waals surface area contributed by atoms with Crippen molar-refractivity contribution < 1.29 is 14.7 Å². The Labute approximate surface area is 110 Å². The average molecular weight is 266 g/mol. The number of carbonyl (C=O) groups is 2. The zero-order chi connectivity index (χ0) is 13.1. The number of hydrogen-bond donors (Lipinski definition) is 3. The van der Waals surface area contributed by atoms with Crippen LogP contribution in [0.1, 0.15) is 5.56 Å². The molecule has 2 unspecified atom stereocenters. The van der Waals surface area contributed by atoms with E-state index in [1.807, 2.05) is 30.3 Å². The maximum Gasteiger partial charge on any atom is 0.251 e. The van der Waals surface area contributed by atoms with E-state index in [-0.39, 0.29) is 25.0 Å². The zero-order valence-corrected chi connectivity index (χ0v) is 10.5. The Morgan fingerprint density at radius 2 is 2.06 bits per heavy atom. The van der Waals surface area contributed by atoms with Gasteiger partial charge in [-0.25, -0.2) is 0 Å². The van der Waals surface area contributed by atoms with Crippen molar-refractivity contribution in [3.05, 3.63) is 35.9 Å².